The van der Waals surface area contributed by atoms with Crippen molar-refractivity contribution in [3.8, 4) is 0 Å². The molecule has 3 nitrogen and oxygen atoms in total. The minimum absolute atomic E-state index is 0.101. The van der Waals surface area contributed by atoms with Gasteiger partial charge in [-0.1, -0.05) is 19.9 Å². The molecule has 2 rings (SSSR count). The summed E-state index contributed by atoms with van der Waals surface area (Å²) in [6.45, 7) is 4.37. The maximum atomic E-state index is 11.8. The van der Waals surface area contributed by atoms with Gasteiger partial charge in [0.05, 0.1) is 0 Å². The highest BCUT2D eigenvalue weighted by Gasteiger charge is 2.14. The first-order valence-electron chi connectivity index (χ1n) is 6.28. The number of hydrogen-bond donors (Lipinski definition) is 0. The molecule has 1 amide bonds. The molecule has 96 valence electrons. The van der Waals surface area contributed by atoms with Gasteiger partial charge < -0.3 is 9.32 Å². The predicted molar refractivity (Wildman–Crippen MR) is 72.9 cm³/mol. The molecule has 1 unspecified atom stereocenters. The topological polar surface area (TPSA) is 33.5 Å². The molecule has 1 atom stereocenters. The van der Waals surface area contributed by atoms with Gasteiger partial charge in [0.25, 0.3) is 5.91 Å². The fourth-order valence-electron chi connectivity index (χ4n) is 1.93. The van der Waals surface area contributed by atoms with Crippen LogP contribution in [0.3, 0.4) is 0 Å². The first kappa shape index (κ1) is 12.7. The lowest BCUT2D eigenvalue weighted by molar-refractivity contribution is 0.0799. The van der Waals surface area contributed by atoms with Crippen LogP contribution in [0, 0.1) is 0 Å². The number of nitrogens with zero attached hydrogens (tertiary/aromatic N) is 1. The molecule has 1 aromatic heterocycles. The van der Waals surface area contributed by atoms with Crippen LogP contribution in [0.25, 0.3) is 11.0 Å². The smallest absolute Gasteiger partial charge is 0.289 e. The van der Waals surface area contributed by atoms with E-state index in [-0.39, 0.29) is 5.91 Å². The van der Waals surface area contributed by atoms with Crippen molar-refractivity contribution in [2.24, 2.45) is 0 Å². The van der Waals surface area contributed by atoms with Crippen molar-refractivity contribution in [2.75, 3.05) is 14.1 Å². The molecule has 3 heteroatoms. The van der Waals surface area contributed by atoms with Crippen LogP contribution >= 0.6 is 0 Å². The molecule has 0 aliphatic carbocycles. The van der Waals surface area contributed by atoms with Crippen LogP contribution < -0.4 is 0 Å². The maximum absolute atomic E-state index is 11.8. The second kappa shape index (κ2) is 4.84. The summed E-state index contributed by atoms with van der Waals surface area (Å²) in [6.07, 6.45) is 1.10. The van der Waals surface area contributed by atoms with Crippen LogP contribution in [0.2, 0.25) is 0 Å². The summed E-state index contributed by atoms with van der Waals surface area (Å²) < 4.78 is 5.57. The normalized spacial score (nSPS) is 12.7. The average Bonchev–Trinajstić information content (AvgIpc) is 2.79. The van der Waals surface area contributed by atoms with E-state index in [1.54, 1.807) is 14.1 Å². The summed E-state index contributed by atoms with van der Waals surface area (Å²) in [7, 11) is 3.44. The van der Waals surface area contributed by atoms with E-state index in [9.17, 15) is 4.79 Å². The molecule has 0 bridgehead atoms. The van der Waals surface area contributed by atoms with Gasteiger partial charge in [0.2, 0.25) is 0 Å². The van der Waals surface area contributed by atoms with E-state index in [4.69, 9.17) is 4.42 Å². The highest BCUT2D eigenvalue weighted by atomic mass is 16.3. The van der Waals surface area contributed by atoms with Crippen molar-refractivity contribution in [1.82, 2.24) is 4.90 Å². The first-order valence-corrected chi connectivity index (χ1v) is 6.28. The van der Waals surface area contributed by atoms with Gasteiger partial charge in [-0.3, -0.25) is 4.79 Å². The van der Waals surface area contributed by atoms with Crippen LogP contribution in [0.15, 0.2) is 28.7 Å². The van der Waals surface area contributed by atoms with Crippen LogP contribution in [0.4, 0.5) is 0 Å². The van der Waals surface area contributed by atoms with E-state index in [2.05, 4.69) is 26.0 Å². The molecule has 0 saturated heterocycles. The molecule has 1 aromatic carbocycles. The minimum atomic E-state index is -0.101. The molecule has 18 heavy (non-hydrogen) atoms. The van der Waals surface area contributed by atoms with E-state index in [0.717, 1.165) is 17.4 Å². The quantitative estimate of drug-likeness (QED) is 0.827. The Morgan fingerprint density at radius 3 is 2.67 bits per heavy atom. The molecule has 2 aromatic rings. The Kier molecular flexibility index (Phi) is 3.41. The SMILES string of the molecule is CCC(C)c1ccc2oc(C(=O)N(C)C)cc2c1. The molecule has 0 aliphatic heterocycles. The van der Waals surface area contributed by atoms with Crippen molar-refractivity contribution < 1.29 is 9.21 Å². The Morgan fingerprint density at radius 1 is 1.33 bits per heavy atom. The fraction of sp³-hybridized carbons (Fsp3) is 0.400. The van der Waals surface area contributed by atoms with Crippen molar-refractivity contribution in [2.45, 2.75) is 26.2 Å². The molecule has 0 spiro atoms. The molecule has 0 fully saturated rings. The highest BCUT2D eigenvalue weighted by molar-refractivity contribution is 5.95. The van der Waals surface area contributed by atoms with E-state index >= 15 is 0 Å². The van der Waals surface area contributed by atoms with E-state index in [1.807, 2.05) is 12.1 Å². The second-order valence-corrected chi connectivity index (χ2v) is 4.92. The molecular weight excluding hydrogens is 226 g/mol. The van der Waals surface area contributed by atoms with E-state index < -0.39 is 0 Å². The van der Waals surface area contributed by atoms with Gasteiger partial charge in [-0.2, -0.15) is 0 Å². The lowest BCUT2D eigenvalue weighted by Gasteiger charge is -2.07. The van der Waals surface area contributed by atoms with Crippen molar-refractivity contribution in [1.29, 1.82) is 0 Å². The third-order valence-corrected chi connectivity index (χ3v) is 3.34. The van der Waals surface area contributed by atoms with Gasteiger partial charge in [-0.15, -0.1) is 0 Å². The highest BCUT2D eigenvalue weighted by Crippen LogP contribution is 2.26. The first-order chi connectivity index (χ1) is 8.52. The lowest BCUT2D eigenvalue weighted by Crippen LogP contribution is -2.20. The second-order valence-electron chi connectivity index (χ2n) is 4.92. The Hall–Kier alpha value is -1.77. The van der Waals surface area contributed by atoms with Crippen LogP contribution in [-0.2, 0) is 0 Å². The zero-order valence-electron chi connectivity index (χ0n) is 11.4. The van der Waals surface area contributed by atoms with Gasteiger partial charge >= 0.3 is 0 Å². The monoisotopic (exact) mass is 245 g/mol. The Balaban J connectivity index is 2.43. The standard InChI is InChI=1S/C15H19NO2/c1-5-10(2)11-6-7-13-12(8-11)9-14(18-13)15(17)16(3)4/h6-10H,5H2,1-4H3. The number of carbonyl (C=O) groups excluding carboxylic acids is 1. The summed E-state index contributed by atoms with van der Waals surface area (Å²) in [5.41, 5.74) is 2.06. The molecule has 1 heterocycles. The molecule has 0 aliphatic rings. The summed E-state index contributed by atoms with van der Waals surface area (Å²) in [5, 5.41) is 0.998. The third-order valence-electron chi connectivity index (χ3n) is 3.34. The maximum Gasteiger partial charge on any atom is 0.289 e. The number of fused-ring (bicyclic) bond motifs is 1. The predicted octanol–water partition coefficient (Wildman–Crippen LogP) is 3.65. The molecule has 0 radical (unpaired) electrons. The number of amides is 1. The Labute approximate surface area is 107 Å². The molecule has 0 saturated carbocycles. The summed E-state index contributed by atoms with van der Waals surface area (Å²) in [4.78, 5) is 13.3. The van der Waals surface area contributed by atoms with E-state index in [0.29, 0.717) is 11.7 Å². The van der Waals surface area contributed by atoms with Gasteiger partial charge in [-0.25, -0.2) is 0 Å². The lowest BCUT2D eigenvalue weighted by atomic mass is 9.98. The van der Waals surface area contributed by atoms with Crippen molar-refractivity contribution >= 4 is 16.9 Å². The van der Waals surface area contributed by atoms with Crippen LogP contribution in [-0.4, -0.2) is 24.9 Å². The number of carbonyl (C=O) groups is 1. The Bertz CT molecular complexity index is 569. The number of furan rings is 1. The summed E-state index contributed by atoms with van der Waals surface area (Å²) >= 11 is 0. The number of benzene rings is 1. The zero-order chi connectivity index (χ0) is 13.3. The van der Waals surface area contributed by atoms with Crippen LogP contribution in [0.1, 0.15) is 42.3 Å². The van der Waals surface area contributed by atoms with Gasteiger partial charge in [-0.05, 0) is 36.1 Å². The molecular formula is C15H19NO2. The zero-order valence-corrected chi connectivity index (χ0v) is 11.4. The van der Waals surface area contributed by atoms with Crippen LogP contribution in [0.5, 0.6) is 0 Å². The average molecular weight is 245 g/mol. The van der Waals surface area contributed by atoms with Crippen molar-refractivity contribution in [3.05, 3.63) is 35.6 Å². The fourth-order valence-corrected chi connectivity index (χ4v) is 1.93. The van der Waals surface area contributed by atoms with Crippen molar-refractivity contribution in [3.63, 3.8) is 0 Å². The largest absolute Gasteiger partial charge is 0.451 e. The minimum Gasteiger partial charge on any atom is -0.451 e. The summed E-state index contributed by atoms with van der Waals surface area (Å²) in [6, 6.07) is 7.95. The number of rotatable bonds is 3. The van der Waals surface area contributed by atoms with Gasteiger partial charge in [0.15, 0.2) is 5.76 Å². The Morgan fingerprint density at radius 2 is 2.06 bits per heavy atom. The van der Waals surface area contributed by atoms with Gasteiger partial charge in [0, 0.05) is 19.5 Å². The summed E-state index contributed by atoms with van der Waals surface area (Å²) in [5.74, 6) is 0.824. The third kappa shape index (κ3) is 2.26. The van der Waals surface area contributed by atoms with E-state index in [1.165, 1.54) is 10.5 Å². The van der Waals surface area contributed by atoms with Gasteiger partial charge in [0.1, 0.15) is 5.58 Å². The molecule has 0 N–H and O–H groups in total. The number of hydrogen-bond acceptors (Lipinski definition) is 2.